The fraction of sp³-hybridized carbons (Fsp3) is 0.909. The van der Waals surface area contributed by atoms with E-state index in [1.54, 1.807) is 0 Å². The number of carbonyl (C=O) groups is 1. The van der Waals surface area contributed by atoms with Gasteiger partial charge in [-0.05, 0) is 20.3 Å². The summed E-state index contributed by atoms with van der Waals surface area (Å²) in [5.74, 6) is 0.303. The smallest absolute Gasteiger partial charge is 0.157 e. The van der Waals surface area contributed by atoms with Crippen molar-refractivity contribution in [3.05, 3.63) is 0 Å². The number of Topliss-reactive ketones (excluding diaryl/α,β-unsaturated/α-hetero) is 1. The molecule has 0 N–H and O–H groups in total. The first-order valence-corrected chi connectivity index (χ1v) is 5.49. The first-order chi connectivity index (χ1) is 6.74. The molecule has 3 nitrogen and oxygen atoms in total. The number of rotatable bonds is 9. The van der Waals surface area contributed by atoms with Gasteiger partial charge in [0, 0.05) is 32.5 Å². The van der Waals surface area contributed by atoms with E-state index in [1.165, 1.54) is 0 Å². The normalized spacial score (nSPS) is 10.9. The SMILES string of the molecule is CCCC(=O)CCC(OCC)OCC. The summed E-state index contributed by atoms with van der Waals surface area (Å²) in [6.07, 6.45) is 2.64. The molecule has 0 aliphatic rings. The Morgan fingerprint density at radius 1 is 1.07 bits per heavy atom. The zero-order chi connectivity index (χ0) is 10.8. The van der Waals surface area contributed by atoms with E-state index in [9.17, 15) is 4.79 Å². The zero-order valence-electron chi connectivity index (χ0n) is 9.54. The van der Waals surface area contributed by atoms with Crippen LogP contribution in [0.25, 0.3) is 0 Å². The van der Waals surface area contributed by atoms with Crippen molar-refractivity contribution in [1.29, 1.82) is 0 Å². The molecule has 0 fully saturated rings. The molecule has 0 amide bonds. The fourth-order valence-corrected chi connectivity index (χ4v) is 1.27. The van der Waals surface area contributed by atoms with Crippen LogP contribution in [-0.4, -0.2) is 25.3 Å². The second-order valence-corrected chi connectivity index (χ2v) is 3.17. The molecule has 0 heterocycles. The van der Waals surface area contributed by atoms with E-state index in [4.69, 9.17) is 9.47 Å². The Morgan fingerprint density at radius 2 is 1.64 bits per heavy atom. The number of ether oxygens (including phenoxy) is 2. The molecular weight excluding hydrogens is 180 g/mol. The Labute approximate surface area is 86.8 Å². The summed E-state index contributed by atoms with van der Waals surface area (Å²) >= 11 is 0. The van der Waals surface area contributed by atoms with Gasteiger partial charge in [0.05, 0.1) is 0 Å². The maximum Gasteiger partial charge on any atom is 0.157 e. The van der Waals surface area contributed by atoms with Crippen molar-refractivity contribution < 1.29 is 14.3 Å². The third-order valence-electron chi connectivity index (χ3n) is 1.89. The lowest BCUT2D eigenvalue weighted by atomic mass is 10.1. The van der Waals surface area contributed by atoms with Crippen LogP contribution in [0.4, 0.5) is 0 Å². The Morgan fingerprint density at radius 3 is 2.07 bits per heavy atom. The molecule has 0 aliphatic carbocycles. The molecule has 0 aromatic heterocycles. The van der Waals surface area contributed by atoms with Crippen molar-refractivity contribution in [3.63, 3.8) is 0 Å². The summed E-state index contributed by atoms with van der Waals surface area (Å²) in [6.45, 7) is 7.14. The molecule has 0 atom stereocenters. The van der Waals surface area contributed by atoms with Crippen molar-refractivity contribution in [2.45, 2.75) is 52.7 Å². The van der Waals surface area contributed by atoms with E-state index in [-0.39, 0.29) is 6.29 Å². The van der Waals surface area contributed by atoms with Gasteiger partial charge in [0.25, 0.3) is 0 Å². The Hall–Kier alpha value is -0.410. The second kappa shape index (κ2) is 9.16. The van der Waals surface area contributed by atoms with E-state index in [1.807, 2.05) is 20.8 Å². The number of carbonyl (C=O) groups excluding carboxylic acids is 1. The monoisotopic (exact) mass is 202 g/mol. The molecule has 0 aromatic carbocycles. The van der Waals surface area contributed by atoms with E-state index in [2.05, 4.69) is 0 Å². The van der Waals surface area contributed by atoms with E-state index < -0.39 is 0 Å². The summed E-state index contributed by atoms with van der Waals surface area (Å²) in [7, 11) is 0. The molecule has 0 spiro atoms. The van der Waals surface area contributed by atoms with Gasteiger partial charge in [-0.3, -0.25) is 4.79 Å². The van der Waals surface area contributed by atoms with Crippen molar-refractivity contribution in [2.24, 2.45) is 0 Å². The van der Waals surface area contributed by atoms with Crippen LogP contribution in [0.15, 0.2) is 0 Å². The summed E-state index contributed by atoms with van der Waals surface area (Å²) in [4.78, 5) is 11.2. The highest BCUT2D eigenvalue weighted by atomic mass is 16.7. The fourth-order valence-electron chi connectivity index (χ4n) is 1.27. The molecule has 14 heavy (non-hydrogen) atoms. The molecule has 84 valence electrons. The Kier molecular flexibility index (Phi) is 8.89. The number of hydrogen-bond acceptors (Lipinski definition) is 3. The maximum absolute atomic E-state index is 11.2. The summed E-state index contributed by atoms with van der Waals surface area (Å²) in [5.41, 5.74) is 0. The van der Waals surface area contributed by atoms with Crippen LogP contribution < -0.4 is 0 Å². The second-order valence-electron chi connectivity index (χ2n) is 3.17. The molecule has 0 rings (SSSR count). The van der Waals surface area contributed by atoms with Crippen LogP contribution in [-0.2, 0) is 14.3 Å². The largest absolute Gasteiger partial charge is 0.353 e. The predicted octanol–water partition coefficient (Wildman–Crippen LogP) is 2.53. The quantitative estimate of drug-likeness (QED) is 0.539. The van der Waals surface area contributed by atoms with Crippen LogP contribution in [0.1, 0.15) is 46.5 Å². The lowest BCUT2D eigenvalue weighted by Crippen LogP contribution is -2.18. The highest BCUT2D eigenvalue weighted by Gasteiger charge is 2.10. The molecule has 0 unspecified atom stereocenters. The molecule has 0 aliphatic heterocycles. The molecule has 0 saturated carbocycles. The minimum absolute atomic E-state index is 0.203. The van der Waals surface area contributed by atoms with Gasteiger partial charge in [-0.15, -0.1) is 0 Å². The summed E-state index contributed by atoms with van der Waals surface area (Å²) < 4.78 is 10.7. The van der Waals surface area contributed by atoms with Crippen LogP contribution >= 0.6 is 0 Å². The average Bonchev–Trinajstić information content (AvgIpc) is 2.15. The molecule has 0 aromatic rings. The Balaban J connectivity index is 3.63. The minimum Gasteiger partial charge on any atom is -0.353 e. The number of ketones is 1. The summed E-state index contributed by atoms with van der Waals surface area (Å²) in [6, 6.07) is 0. The highest BCUT2D eigenvalue weighted by Crippen LogP contribution is 2.07. The molecule has 3 heteroatoms. The molecule has 0 saturated heterocycles. The van der Waals surface area contributed by atoms with Crippen molar-refractivity contribution in [1.82, 2.24) is 0 Å². The lowest BCUT2D eigenvalue weighted by molar-refractivity contribution is -0.144. The van der Waals surface area contributed by atoms with Gasteiger partial charge >= 0.3 is 0 Å². The molecular formula is C11H22O3. The van der Waals surface area contributed by atoms with Gasteiger partial charge in [0.1, 0.15) is 5.78 Å². The number of hydrogen-bond donors (Lipinski definition) is 0. The maximum atomic E-state index is 11.2. The first kappa shape index (κ1) is 13.6. The van der Waals surface area contributed by atoms with Gasteiger partial charge in [0.2, 0.25) is 0 Å². The summed E-state index contributed by atoms with van der Waals surface area (Å²) in [5, 5.41) is 0. The van der Waals surface area contributed by atoms with E-state index >= 15 is 0 Å². The van der Waals surface area contributed by atoms with Gasteiger partial charge < -0.3 is 9.47 Å². The van der Waals surface area contributed by atoms with Gasteiger partial charge in [-0.1, -0.05) is 6.92 Å². The van der Waals surface area contributed by atoms with E-state index in [0.717, 1.165) is 6.42 Å². The zero-order valence-corrected chi connectivity index (χ0v) is 9.54. The Bertz CT molecular complexity index is 139. The molecule has 0 radical (unpaired) electrons. The molecule has 0 bridgehead atoms. The van der Waals surface area contributed by atoms with Crippen LogP contribution in [0.3, 0.4) is 0 Å². The van der Waals surface area contributed by atoms with Crippen molar-refractivity contribution in [3.8, 4) is 0 Å². The lowest BCUT2D eigenvalue weighted by Gasteiger charge is -2.16. The van der Waals surface area contributed by atoms with Crippen molar-refractivity contribution >= 4 is 5.78 Å². The van der Waals surface area contributed by atoms with E-state index in [0.29, 0.717) is 38.3 Å². The van der Waals surface area contributed by atoms with Crippen molar-refractivity contribution in [2.75, 3.05) is 13.2 Å². The highest BCUT2D eigenvalue weighted by molar-refractivity contribution is 5.78. The predicted molar refractivity (Wildman–Crippen MR) is 56.2 cm³/mol. The average molecular weight is 202 g/mol. The van der Waals surface area contributed by atoms with Gasteiger partial charge in [0.15, 0.2) is 6.29 Å². The van der Waals surface area contributed by atoms with Gasteiger partial charge in [-0.25, -0.2) is 0 Å². The standard InChI is InChI=1S/C11H22O3/c1-4-7-10(12)8-9-11(13-5-2)14-6-3/h11H,4-9H2,1-3H3. The third-order valence-corrected chi connectivity index (χ3v) is 1.89. The van der Waals surface area contributed by atoms with Crippen LogP contribution in [0, 0.1) is 0 Å². The van der Waals surface area contributed by atoms with Crippen LogP contribution in [0.2, 0.25) is 0 Å². The van der Waals surface area contributed by atoms with Gasteiger partial charge in [-0.2, -0.15) is 0 Å². The topological polar surface area (TPSA) is 35.5 Å². The van der Waals surface area contributed by atoms with Crippen LogP contribution in [0.5, 0.6) is 0 Å². The first-order valence-electron chi connectivity index (χ1n) is 5.49. The minimum atomic E-state index is -0.203. The third kappa shape index (κ3) is 7.04.